The van der Waals surface area contributed by atoms with Crippen LogP contribution in [0.2, 0.25) is 0 Å². The number of nitrogens with zero attached hydrogens (tertiary/aromatic N) is 1. The molecule has 1 amide bonds. The molecule has 0 aromatic heterocycles. The first-order valence-electron chi connectivity index (χ1n) is 6.62. The third-order valence-electron chi connectivity index (χ3n) is 3.71. The number of hydrogen-bond acceptors (Lipinski definition) is 2. The fraction of sp³-hybridized carbons (Fsp3) is 0.533. The van der Waals surface area contributed by atoms with Gasteiger partial charge in [0.25, 0.3) is 0 Å². The van der Waals surface area contributed by atoms with Crippen LogP contribution in [-0.2, 0) is 4.79 Å². The van der Waals surface area contributed by atoms with E-state index in [1.54, 1.807) is 0 Å². The number of anilines is 2. The molecular weight excluding hydrogens is 224 g/mol. The standard InChI is InChI=1S/C15H22N2O/c1-4-8-17(12-7-5-6-11(16)9-12)14(18)13-10-15(13,2)3/h5-7,9,13H,4,8,10,16H2,1-3H3. The molecular formula is C15H22N2O. The summed E-state index contributed by atoms with van der Waals surface area (Å²) < 4.78 is 0. The summed E-state index contributed by atoms with van der Waals surface area (Å²) in [6, 6.07) is 7.58. The smallest absolute Gasteiger partial charge is 0.230 e. The molecule has 1 aliphatic rings. The summed E-state index contributed by atoms with van der Waals surface area (Å²) in [5, 5.41) is 0. The van der Waals surface area contributed by atoms with E-state index in [1.165, 1.54) is 0 Å². The summed E-state index contributed by atoms with van der Waals surface area (Å²) in [4.78, 5) is 14.4. The Bertz CT molecular complexity index is 454. The Labute approximate surface area is 109 Å². The van der Waals surface area contributed by atoms with Crippen molar-refractivity contribution in [2.24, 2.45) is 11.3 Å². The summed E-state index contributed by atoms with van der Waals surface area (Å²) in [5.41, 5.74) is 7.60. The van der Waals surface area contributed by atoms with Gasteiger partial charge < -0.3 is 10.6 Å². The van der Waals surface area contributed by atoms with Crippen LogP contribution in [0.25, 0.3) is 0 Å². The predicted molar refractivity (Wildman–Crippen MR) is 75.4 cm³/mol. The molecule has 2 N–H and O–H groups in total. The van der Waals surface area contributed by atoms with E-state index in [0.717, 1.165) is 25.1 Å². The molecule has 0 aliphatic heterocycles. The Balaban J connectivity index is 2.21. The molecule has 1 fully saturated rings. The Hall–Kier alpha value is -1.51. The van der Waals surface area contributed by atoms with Gasteiger partial charge in [-0.2, -0.15) is 0 Å². The van der Waals surface area contributed by atoms with Crippen molar-refractivity contribution in [1.82, 2.24) is 0 Å². The average Bonchev–Trinajstić information content (AvgIpc) is 2.94. The first-order valence-corrected chi connectivity index (χ1v) is 6.62. The van der Waals surface area contributed by atoms with E-state index >= 15 is 0 Å². The lowest BCUT2D eigenvalue weighted by Crippen LogP contribution is -2.34. The largest absolute Gasteiger partial charge is 0.399 e. The van der Waals surface area contributed by atoms with Gasteiger partial charge in [0.15, 0.2) is 0 Å². The minimum atomic E-state index is 0.170. The van der Waals surface area contributed by atoms with Crippen molar-refractivity contribution in [3.63, 3.8) is 0 Å². The normalized spacial score (nSPS) is 20.5. The summed E-state index contributed by atoms with van der Waals surface area (Å²) in [6.07, 6.45) is 1.95. The van der Waals surface area contributed by atoms with Crippen molar-refractivity contribution < 1.29 is 4.79 Å². The van der Waals surface area contributed by atoms with Crippen LogP contribution in [0.15, 0.2) is 24.3 Å². The summed E-state index contributed by atoms with van der Waals surface area (Å²) in [6.45, 7) is 7.15. The van der Waals surface area contributed by atoms with Gasteiger partial charge >= 0.3 is 0 Å². The molecule has 0 heterocycles. The number of nitrogen functional groups attached to an aromatic ring is 1. The molecule has 3 heteroatoms. The second-order valence-electron chi connectivity index (χ2n) is 5.83. The highest BCUT2D eigenvalue weighted by atomic mass is 16.2. The SMILES string of the molecule is CCCN(C(=O)C1CC1(C)C)c1cccc(N)c1. The molecule has 1 aromatic rings. The van der Waals surface area contributed by atoms with Crippen molar-refractivity contribution >= 4 is 17.3 Å². The predicted octanol–water partition coefficient (Wildman–Crippen LogP) is 3.06. The zero-order valence-corrected chi connectivity index (χ0v) is 11.4. The van der Waals surface area contributed by atoms with Crippen LogP contribution in [0.1, 0.15) is 33.6 Å². The van der Waals surface area contributed by atoms with Gasteiger partial charge in [0.2, 0.25) is 5.91 Å². The fourth-order valence-electron chi connectivity index (χ4n) is 2.36. The third kappa shape index (κ3) is 2.50. The summed E-state index contributed by atoms with van der Waals surface area (Å²) in [7, 11) is 0. The van der Waals surface area contributed by atoms with Crippen LogP contribution in [0.3, 0.4) is 0 Å². The van der Waals surface area contributed by atoms with E-state index in [4.69, 9.17) is 5.73 Å². The second-order valence-corrected chi connectivity index (χ2v) is 5.83. The lowest BCUT2D eigenvalue weighted by molar-refractivity contribution is -0.120. The van der Waals surface area contributed by atoms with Gasteiger partial charge in [-0.25, -0.2) is 0 Å². The van der Waals surface area contributed by atoms with Crippen LogP contribution in [-0.4, -0.2) is 12.5 Å². The Morgan fingerprint density at radius 3 is 2.67 bits per heavy atom. The number of benzene rings is 1. The van der Waals surface area contributed by atoms with Crippen molar-refractivity contribution in [2.75, 3.05) is 17.2 Å². The van der Waals surface area contributed by atoms with Crippen LogP contribution in [0, 0.1) is 11.3 Å². The Morgan fingerprint density at radius 1 is 1.50 bits per heavy atom. The maximum atomic E-state index is 12.5. The van der Waals surface area contributed by atoms with Gasteiger partial charge in [-0.15, -0.1) is 0 Å². The zero-order valence-electron chi connectivity index (χ0n) is 11.4. The van der Waals surface area contributed by atoms with Gasteiger partial charge in [0.05, 0.1) is 0 Å². The molecule has 18 heavy (non-hydrogen) atoms. The zero-order chi connectivity index (χ0) is 13.3. The van der Waals surface area contributed by atoms with Crippen LogP contribution >= 0.6 is 0 Å². The number of carbonyl (C=O) groups excluding carboxylic acids is 1. The van der Waals surface area contributed by atoms with Gasteiger partial charge in [-0.05, 0) is 36.5 Å². The first kappa shape index (κ1) is 12.9. The van der Waals surface area contributed by atoms with E-state index < -0.39 is 0 Å². The number of nitrogens with two attached hydrogens (primary N) is 1. The van der Waals surface area contributed by atoms with Crippen LogP contribution < -0.4 is 10.6 Å². The molecule has 0 saturated heterocycles. The minimum Gasteiger partial charge on any atom is -0.399 e. The maximum Gasteiger partial charge on any atom is 0.230 e. The third-order valence-corrected chi connectivity index (χ3v) is 3.71. The molecule has 3 nitrogen and oxygen atoms in total. The number of rotatable bonds is 4. The lowest BCUT2D eigenvalue weighted by atomic mass is 10.1. The van der Waals surface area contributed by atoms with E-state index in [1.807, 2.05) is 29.2 Å². The molecule has 1 aromatic carbocycles. The molecule has 98 valence electrons. The van der Waals surface area contributed by atoms with Gasteiger partial charge in [-0.1, -0.05) is 26.8 Å². The minimum absolute atomic E-state index is 0.170. The highest BCUT2D eigenvalue weighted by molar-refractivity contribution is 5.97. The van der Waals surface area contributed by atoms with Crippen LogP contribution in [0.4, 0.5) is 11.4 Å². The second kappa shape index (κ2) is 4.63. The summed E-state index contributed by atoms with van der Waals surface area (Å²) in [5.74, 6) is 0.415. The summed E-state index contributed by atoms with van der Waals surface area (Å²) >= 11 is 0. The van der Waals surface area contributed by atoms with Crippen molar-refractivity contribution in [3.8, 4) is 0 Å². The Kier molecular flexibility index (Phi) is 3.33. The van der Waals surface area contributed by atoms with E-state index in [9.17, 15) is 4.79 Å². The van der Waals surface area contributed by atoms with Gasteiger partial charge in [0.1, 0.15) is 0 Å². The maximum absolute atomic E-state index is 12.5. The molecule has 0 radical (unpaired) electrons. The van der Waals surface area contributed by atoms with E-state index in [0.29, 0.717) is 5.69 Å². The highest BCUT2D eigenvalue weighted by Crippen LogP contribution is 2.52. The topological polar surface area (TPSA) is 46.3 Å². The van der Waals surface area contributed by atoms with E-state index in [2.05, 4.69) is 20.8 Å². The molecule has 1 unspecified atom stereocenters. The molecule has 0 spiro atoms. The Morgan fingerprint density at radius 2 is 2.17 bits per heavy atom. The van der Waals surface area contributed by atoms with Crippen LogP contribution in [0.5, 0.6) is 0 Å². The number of amides is 1. The van der Waals surface area contributed by atoms with E-state index in [-0.39, 0.29) is 17.2 Å². The quantitative estimate of drug-likeness (QED) is 0.830. The molecule has 0 bridgehead atoms. The number of hydrogen-bond donors (Lipinski definition) is 1. The molecule has 1 aliphatic carbocycles. The molecule has 1 atom stereocenters. The average molecular weight is 246 g/mol. The number of carbonyl (C=O) groups is 1. The van der Waals surface area contributed by atoms with Gasteiger partial charge in [0, 0.05) is 23.8 Å². The highest BCUT2D eigenvalue weighted by Gasteiger charge is 2.52. The van der Waals surface area contributed by atoms with Crippen molar-refractivity contribution in [3.05, 3.63) is 24.3 Å². The monoisotopic (exact) mass is 246 g/mol. The fourth-order valence-corrected chi connectivity index (χ4v) is 2.36. The van der Waals surface area contributed by atoms with Crippen molar-refractivity contribution in [1.29, 1.82) is 0 Å². The lowest BCUT2D eigenvalue weighted by Gasteiger charge is -2.23. The van der Waals surface area contributed by atoms with Gasteiger partial charge in [-0.3, -0.25) is 4.79 Å². The molecule has 1 saturated carbocycles. The molecule has 2 rings (SSSR count). The first-order chi connectivity index (χ1) is 8.45. The van der Waals surface area contributed by atoms with Crippen molar-refractivity contribution in [2.45, 2.75) is 33.6 Å².